The lowest BCUT2D eigenvalue weighted by atomic mass is 10.1. The number of nitriles is 1. The molecule has 0 bridgehead atoms. The van der Waals surface area contributed by atoms with Gasteiger partial charge in [0, 0.05) is 43.1 Å². The molecule has 36 heavy (non-hydrogen) atoms. The minimum absolute atomic E-state index is 0.0803. The van der Waals surface area contributed by atoms with Crippen LogP contribution in [0.25, 0.3) is 28.0 Å². The number of hydrogen-bond donors (Lipinski definition) is 0. The molecule has 0 aliphatic carbocycles. The predicted molar refractivity (Wildman–Crippen MR) is 138 cm³/mol. The number of carbonyl (C=O) groups is 1. The van der Waals surface area contributed by atoms with E-state index in [0.29, 0.717) is 33.4 Å². The number of Topliss-reactive ketones (excluding diaryl/α,β-unsaturated/α-hetero) is 1. The van der Waals surface area contributed by atoms with E-state index in [1.165, 1.54) is 30.4 Å². The Bertz CT molecular complexity index is 1630. The van der Waals surface area contributed by atoms with E-state index in [2.05, 4.69) is 11.1 Å². The smallest absolute Gasteiger partial charge is 0.192 e. The Morgan fingerprint density at radius 2 is 1.81 bits per heavy atom. The van der Waals surface area contributed by atoms with Crippen LogP contribution in [0, 0.1) is 17.1 Å². The number of hydrogen-bond acceptors (Lipinski definition) is 7. The quantitative estimate of drug-likeness (QED) is 0.266. The number of fused-ring (bicyclic) bond motifs is 1. The average Bonchev–Trinajstić information content (AvgIpc) is 3.50. The number of pyridine rings is 2. The normalized spacial score (nSPS) is 11.0. The molecule has 0 atom stereocenters. The van der Waals surface area contributed by atoms with Gasteiger partial charge >= 0.3 is 0 Å². The van der Waals surface area contributed by atoms with Crippen LogP contribution in [0.2, 0.25) is 0 Å². The second-order valence-electron chi connectivity index (χ2n) is 8.22. The lowest BCUT2D eigenvalue weighted by molar-refractivity contribution is 0.101. The lowest BCUT2D eigenvalue weighted by Crippen LogP contribution is -2.13. The van der Waals surface area contributed by atoms with E-state index in [0.717, 1.165) is 28.3 Å². The number of thiazole rings is 1. The van der Waals surface area contributed by atoms with E-state index in [9.17, 15) is 14.4 Å². The molecule has 0 saturated heterocycles. The maximum Gasteiger partial charge on any atom is 0.192 e. The molecule has 0 amide bonds. The number of imidazole rings is 1. The maximum absolute atomic E-state index is 13.4. The summed E-state index contributed by atoms with van der Waals surface area (Å²) in [7, 11) is 1.90. The zero-order valence-corrected chi connectivity index (χ0v) is 20.7. The Labute approximate surface area is 211 Å². The fourth-order valence-corrected chi connectivity index (χ4v) is 4.89. The highest BCUT2D eigenvalue weighted by molar-refractivity contribution is 7.16. The average molecular weight is 497 g/mol. The maximum atomic E-state index is 13.4. The summed E-state index contributed by atoms with van der Waals surface area (Å²) in [6, 6.07) is 15.7. The van der Waals surface area contributed by atoms with Crippen molar-refractivity contribution in [2.45, 2.75) is 20.3 Å². The van der Waals surface area contributed by atoms with Crippen molar-refractivity contribution >= 4 is 33.7 Å². The zero-order chi connectivity index (χ0) is 25.4. The van der Waals surface area contributed by atoms with Crippen LogP contribution in [0.3, 0.4) is 0 Å². The molecule has 5 aromatic rings. The summed E-state index contributed by atoms with van der Waals surface area (Å²) in [5.41, 5.74) is 5.09. The highest BCUT2D eigenvalue weighted by Crippen LogP contribution is 2.37. The molecule has 0 fully saturated rings. The second kappa shape index (κ2) is 9.32. The van der Waals surface area contributed by atoms with Gasteiger partial charge in [0.25, 0.3) is 0 Å². The Morgan fingerprint density at radius 1 is 1.08 bits per heavy atom. The molecule has 0 unspecified atom stereocenters. The molecule has 9 heteroatoms. The fourth-order valence-electron chi connectivity index (χ4n) is 4.04. The number of benzene rings is 1. The molecule has 7 nitrogen and oxygen atoms in total. The van der Waals surface area contributed by atoms with Crippen LogP contribution in [0.15, 0.2) is 60.9 Å². The molecule has 4 aromatic heterocycles. The van der Waals surface area contributed by atoms with Crippen molar-refractivity contribution in [3.8, 4) is 28.5 Å². The van der Waals surface area contributed by atoms with Gasteiger partial charge in [-0.25, -0.2) is 14.4 Å². The number of ketones is 1. The lowest BCUT2D eigenvalue weighted by Gasteiger charge is -2.17. The molecule has 0 saturated carbocycles. The minimum Gasteiger partial charge on any atom is -0.305 e. The number of aromatic nitrogens is 4. The standard InChI is InChI=1S/C27H21FN6OS/c1-4-21-26(33(3)27-32-25(23(13-29)36-27)17-5-9-20(28)10-6-17)34-15-19(8-12-24(34)31-21)18-7-11-22(16(2)35)30-14-18/h5-12,14-15H,4H2,1-3H3. The van der Waals surface area contributed by atoms with Crippen molar-refractivity contribution < 1.29 is 9.18 Å². The third kappa shape index (κ3) is 4.12. The van der Waals surface area contributed by atoms with Gasteiger partial charge in [0.15, 0.2) is 10.9 Å². The number of halogens is 1. The van der Waals surface area contributed by atoms with Crippen molar-refractivity contribution in [3.05, 3.63) is 83.0 Å². The fraction of sp³-hybridized carbons (Fsp3) is 0.148. The van der Waals surface area contributed by atoms with Gasteiger partial charge in [-0.2, -0.15) is 5.26 Å². The molecule has 0 radical (unpaired) electrons. The number of nitrogens with zero attached hydrogens (tertiary/aromatic N) is 6. The molecule has 0 aliphatic rings. The van der Waals surface area contributed by atoms with E-state index in [-0.39, 0.29) is 11.6 Å². The van der Waals surface area contributed by atoms with Crippen LogP contribution in [-0.4, -0.2) is 32.2 Å². The third-order valence-electron chi connectivity index (χ3n) is 5.89. The topological polar surface area (TPSA) is 87.2 Å². The molecule has 4 heterocycles. The molecular formula is C27H21FN6OS. The Hall–Kier alpha value is -4.42. The molecule has 0 N–H and O–H groups in total. The van der Waals surface area contributed by atoms with E-state index in [1.807, 2.05) is 47.7 Å². The van der Waals surface area contributed by atoms with Gasteiger partial charge < -0.3 is 4.90 Å². The van der Waals surface area contributed by atoms with Gasteiger partial charge in [-0.05, 0) is 48.9 Å². The summed E-state index contributed by atoms with van der Waals surface area (Å²) in [6.45, 7) is 3.53. The zero-order valence-electron chi connectivity index (χ0n) is 19.9. The van der Waals surface area contributed by atoms with Crippen molar-refractivity contribution in [2.75, 3.05) is 11.9 Å². The monoisotopic (exact) mass is 496 g/mol. The van der Waals surface area contributed by atoms with Crippen molar-refractivity contribution in [1.82, 2.24) is 19.4 Å². The number of anilines is 2. The molecule has 1 aromatic carbocycles. The van der Waals surface area contributed by atoms with Gasteiger partial charge in [-0.15, -0.1) is 0 Å². The van der Waals surface area contributed by atoms with E-state index < -0.39 is 0 Å². The summed E-state index contributed by atoms with van der Waals surface area (Å²) in [5, 5.41) is 10.4. The van der Waals surface area contributed by atoms with Gasteiger partial charge in [-0.1, -0.05) is 24.3 Å². The Morgan fingerprint density at radius 3 is 2.44 bits per heavy atom. The van der Waals surface area contributed by atoms with Crippen LogP contribution in [0.1, 0.15) is 34.9 Å². The first-order valence-corrected chi connectivity index (χ1v) is 12.1. The molecule has 0 aliphatic heterocycles. The third-order valence-corrected chi connectivity index (χ3v) is 6.93. The second-order valence-corrected chi connectivity index (χ2v) is 9.20. The first-order chi connectivity index (χ1) is 17.4. The summed E-state index contributed by atoms with van der Waals surface area (Å²) < 4.78 is 15.4. The van der Waals surface area contributed by atoms with Crippen LogP contribution in [-0.2, 0) is 6.42 Å². The summed E-state index contributed by atoms with van der Waals surface area (Å²) in [4.78, 5) is 27.8. The van der Waals surface area contributed by atoms with Crippen LogP contribution in [0.4, 0.5) is 15.3 Å². The summed E-state index contributed by atoms with van der Waals surface area (Å²) in [5.74, 6) is 0.417. The highest BCUT2D eigenvalue weighted by Gasteiger charge is 2.22. The van der Waals surface area contributed by atoms with Gasteiger partial charge in [-0.3, -0.25) is 14.2 Å². The molecule has 5 rings (SSSR count). The summed E-state index contributed by atoms with van der Waals surface area (Å²) >= 11 is 1.27. The van der Waals surface area contributed by atoms with Gasteiger partial charge in [0.1, 0.15) is 39.6 Å². The molecule has 178 valence electrons. The number of aryl methyl sites for hydroxylation is 1. The number of rotatable bonds is 6. The van der Waals surface area contributed by atoms with E-state index in [4.69, 9.17) is 9.97 Å². The van der Waals surface area contributed by atoms with E-state index in [1.54, 1.807) is 24.4 Å². The van der Waals surface area contributed by atoms with Crippen molar-refractivity contribution in [2.24, 2.45) is 0 Å². The largest absolute Gasteiger partial charge is 0.305 e. The van der Waals surface area contributed by atoms with Gasteiger partial charge in [0.05, 0.1) is 5.69 Å². The first-order valence-electron chi connectivity index (χ1n) is 11.3. The minimum atomic E-state index is -0.343. The molecular weight excluding hydrogens is 475 g/mol. The SMILES string of the molecule is CCc1nc2ccc(-c3ccc(C(C)=O)nc3)cn2c1N(C)c1nc(-c2ccc(F)cc2)c(C#N)s1. The van der Waals surface area contributed by atoms with Crippen molar-refractivity contribution in [1.29, 1.82) is 5.26 Å². The van der Waals surface area contributed by atoms with Crippen molar-refractivity contribution in [3.63, 3.8) is 0 Å². The number of carbonyl (C=O) groups excluding carboxylic acids is 1. The summed E-state index contributed by atoms with van der Waals surface area (Å²) in [6.07, 6.45) is 4.37. The van der Waals surface area contributed by atoms with Crippen LogP contribution < -0.4 is 4.90 Å². The van der Waals surface area contributed by atoms with E-state index >= 15 is 0 Å². The highest BCUT2D eigenvalue weighted by atomic mass is 32.1. The Balaban J connectivity index is 1.59. The molecule has 0 spiro atoms. The Kier molecular flexibility index (Phi) is 6.04. The van der Waals surface area contributed by atoms with Crippen LogP contribution in [0.5, 0.6) is 0 Å². The van der Waals surface area contributed by atoms with Crippen LogP contribution >= 0.6 is 11.3 Å². The van der Waals surface area contributed by atoms with Gasteiger partial charge in [0.2, 0.25) is 0 Å². The first kappa shape index (κ1) is 23.3. The predicted octanol–water partition coefficient (Wildman–Crippen LogP) is 6.06.